The largest absolute Gasteiger partial charge is 0.399 e. The van der Waals surface area contributed by atoms with Gasteiger partial charge in [0.15, 0.2) is 0 Å². The Morgan fingerprint density at radius 1 is 1.39 bits per heavy atom. The van der Waals surface area contributed by atoms with Crippen molar-refractivity contribution in [2.45, 2.75) is 33.1 Å². The Bertz CT molecular complexity index is 391. The predicted octanol–water partition coefficient (Wildman–Crippen LogP) is 2.72. The van der Waals surface area contributed by atoms with Gasteiger partial charge in [0.05, 0.1) is 0 Å². The van der Waals surface area contributed by atoms with Crippen molar-refractivity contribution in [1.82, 2.24) is 0 Å². The summed E-state index contributed by atoms with van der Waals surface area (Å²) in [7, 11) is 0. The molecule has 0 saturated heterocycles. The fraction of sp³-hybridized carbons (Fsp3) is 0.500. The number of aryl methyl sites for hydroxylation is 1. The van der Waals surface area contributed by atoms with E-state index in [-0.39, 0.29) is 5.91 Å². The van der Waals surface area contributed by atoms with Gasteiger partial charge in [0.2, 0.25) is 5.91 Å². The Balaban J connectivity index is 2.33. The molecule has 1 rings (SSSR count). The maximum absolute atomic E-state index is 11.7. The third-order valence-corrected chi connectivity index (χ3v) is 2.58. The minimum absolute atomic E-state index is 0.00352. The molecular formula is C14H22N2O2. The minimum atomic E-state index is 0.00352. The van der Waals surface area contributed by atoms with E-state index in [2.05, 4.69) is 12.2 Å². The number of benzene rings is 1. The number of nitrogens with two attached hydrogens (primary N) is 1. The van der Waals surface area contributed by atoms with Gasteiger partial charge in [0.1, 0.15) is 0 Å². The van der Waals surface area contributed by atoms with Crippen molar-refractivity contribution in [1.29, 1.82) is 0 Å². The van der Waals surface area contributed by atoms with Crippen LogP contribution in [0.1, 0.15) is 31.7 Å². The first-order valence-electron chi connectivity index (χ1n) is 6.37. The second-order valence-corrected chi connectivity index (χ2v) is 4.34. The second-order valence-electron chi connectivity index (χ2n) is 4.34. The van der Waals surface area contributed by atoms with Gasteiger partial charge in [-0.1, -0.05) is 13.0 Å². The standard InChI is InChI=1S/C14H22N2O2/c1-3-8-18-9-4-5-14(17)16-13-10-12(15)7-6-11(13)2/h6-7,10H,3-5,8-9,15H2,1-2H3,(H,16,17). The van der Waals surface area contributed by atoms with Gasteiger partial charge in [-0.25, -0.2) is 0 Å². The van der Waals surface area contributed by atoms with Gasteiger partial charge in [-0.15, -0.1) is 0 Å². The molecule has 0 spiro atoms. The third kappa shape index (κ3) is 5.19. The summed E-state index contributed by atoms with van der Waals surface area (Å²) in [6.07, 6.45) is 2.22. The number of ether oxygens (including phenoxy) is 1. The van der Waals surface area contributed by atoms with Crippen LogP contribution in [0.25, 0.3) is 0 Å². The van der Waals surface area contributed by atoms with Crippen molar-refractivity contribution in [3.05, 3.63) is 23.8 Å². The number of nitrogens with one attached hydrogen (secondary N) is 1. The Morgan fingerprint density at radius 2 is 2.17 bits per heavy atom. The zero-order chi connectivity index (χ0) is 13.4. The molecule has 0 radical (unpaired) electrons. The fourth-order valence-electron chi connectivity index (χ4n) is 1.57. The van der Waals surface area contributed by atoms with Crippen LogP contribution >= 0.6 is 0 Å². The molecule has 1 aromatic rings. The first kappa shape index (κ1) is 14.5. The molecule has 3 N–H and O–H groups in total. The fourth-order valence-corrected chi connectivity index (χ4v) is 1.57. The molecule has 18 heavy (non-hydrogen) atoms. The van der Waals surface area contributed by atoms with Gasteiger partial charge in [-0.05, 0) is 37.5 Å². The number of hydrogen-bond donors (Lipinski definition) is 2. The zero-order valence-corrected chi connectivity index (χ0v) is 11.2. The van der Waals surface area contributed by atoms with Crippen LogP contribution in [-0.2, 0) is 9.53 Å². The van der Waals surface area contributed by atoms with Crippen LogP contribution in [0.15, 0.2) is 18.2 Å². The van der Waals surface area contributed by atoms with Crippen molar-refractivity contribution in [3.63, 3.8) is 0 Å². The topological polar surface area (TPSA) is 64.3 Å². The maximum Gasteiger partial charge on any atom is 0.224 e. The van der Waals surface area contributed by atoms with Crippen molar-refractivity contribution in [3.8, 4) is 0 Å². The lowest BCUT2D eigenvalue weighted by Crippen LogP contribution is -2.13. The quantitative estimate of drug-likeness (QED) is 0.577. The van der Waals surface area contributed by atoms with Crippen LogP contribution < -0.4 is 11.1 Å². The Kier molecular flexibility index (Phi) is 6.22. The molecule has 0 unspecified atom stereocenters. The van der Waals surface area contributed by atoms with Crippen molar-refractivity contribution in [2.24, 2.45) is 0 Å². The maximum atomic E-state index is 11.7. The van der Waals surface area contributed by atoms with Gasteiger partial charge >= 0.3 is 0 Å². The van der Waals surface area contributed by atoms with Crippen LogP contribution in [0, 0.1) is 6.92 Å². The lowest BCUT2D eigenvalue weighted by atomic mass is 10.1. The summed E-state index contributed by atoms with van der Waals surface area (Å²) in [5.41, 5.74) is 8.14. The van der Waals surface area contributed by atoms with E-state index in [0.29, 0.717) is 18.7 Å². The number of carbonyl (C=O) groups excluding carboxylic acids is 1. The normalized spacial score (nSPS) is 10.3. The van der Waals surface area contributed by atoms with Gasteiger partial charge in [0, 0.05) is 31.0 Å². The molecule has 0 aliphatic rings. The van der Waals surface area contributed by atoms with Crippen molar-refractivity contribution >= 4 is 17.3 Å². The summed E-state index contributed by atoms with van der Waals surface area (Å²) in [4.78, 5) is 11.7. The number of anilines is 2. The van der Waals surface area contributed by atoms with Gasteiger partial charge in [-0.3, -0.25) is 4.79 Å². The highest BCUT2D eigenvalue weighted by molar-refractivity contribution is 5.91. The van der Waals surface area contributed by atoms with E-state index in [1.165, 1.54) is 0 Å². The number of rotatable bonds is 7. The molecule has 0 heterocycles. The van der Waals surface area contributed by atoms with Gasteiger partial charge in [0.25, 0.3) is 0 Å². The van der Waals surface area contributed by atoms with Crippen LogP contribution in [0.5, 0.6) is 0 Å². The molecule has 100 valence electrons. The SMILES string of the molecule is CCCOCCCC(=O)Nc1cc(N)ccc1C. The van der Waals surface area contributed by atoms with Crippen LogP contribution in [0.2, 0.25) is 0 Å². The molecule has 0 fully saturated rings. The monoisotopic (exact) mass is 250 g/mol. The highest BCUT2D eigenvalue weighted by Gasteiger charge is 2.05. The highest BCUT2D eigenvalue weighted by atomic mass is 16.5. The van der Waals surface area contributed by atoms with E-state index >= 15 is 0 Å². The molecule has 0 saturated carbocycles. The zero-order valence-electron chi connectivity index (χ0n) is 11.2. The van der Waals surface area contributed by atoms with E-state index in [1.54, 1.807) is 6.07 Å². The van der Waals surface area contributed by atoms with Gasteiger partial charge in [-0.2, -0.15) is 0 Å². The predicted molar refractivity (Wildman–Crippen MR) is 74.6 cm³/mol. The summed E-state index contributed by atoms with van der Waals surface area (Å²) < 4.78 is 5.33. The summed E-state index contributed by atoms with van der Waals surface area (Å²) in [6.45, 7) is 5.40. The van der Waals surface area contributed by atoms with E-state index in [9.17, 15) is 4.79 Å². The van der Waals surface area contributed by atoms with E-state index < -0.39 is 0 Å². The highest BCUT2D eigenvalue weighted by Crippen LogP contribution is 2.18. The summed E-state index contributed by atoms with van der Waals surface area (Å²) in [6, 6.07) is 5.50. The molecule has 0 aromatic heterocycles. The van der Waals surface area contributed by atoms with E-state index in [1.807, 2.05) is 19.1 Å². The summed E-state index contributed by atoms with van der Waals surface area (Å²) in [5.74, 6) is 0.00352. The number of nitrogen functional groups attached to an aromatic ring is 1. The molecular weight excluding hydrogens is 228 g/mol. The van der Waals surface area contributed by atoms with Crippen LogP contribution in [0.3, 0.4) is 0 Å². The third-order valence-electron chi connectivity index (χ3n) is 2.58. The van der Waals surface area contributed by atoms with E-state index in [0.717, 1.165) is 30.7 Å². The molecule has 0 aliphatic heterocycles. The Morgan fingerprint density at radius 3 is 2.89 bits per heavy atom. The minimum Gasteiger partial charge on any atom is -0.399 e. The molecule has 1 aromatic carbocycles. The lowest BCUT2D eigenvalue weighted by molar-refractivity contribution is -0.116. The van der Waals surface area contributed by atoms with E-state index in [4.69, 9.17) is 10.5 Å². The number of hydrogen-bond acceptors (Lipinski definition) is 3. The van der Waals surface area contributed by atoms with Crippen LogP contribution in [-0.4, -0.2) is 19.1 Å². The van der Waals surface area contributed by atoms with Gasteiger partial charge < -0.3 is 15.8 Å². The molecule has 4 nitrogen and oxygen atoms in total. The number of carbonyl (C=O) groups is 1. The lowest BCUT2D eigenvalue weighted by Gasteiger charge is -2.09. The molecule has 4 heteroatoms. The molecule has 0 bridgehead atoms. The smallest absolute Gasteiger partial charge is 0.224 e. The van der Waals surface area contributed by atoms with Crippen LogP contribution in [0.4, 0.5) is 11.4 Å². The van der Waals surface area contributed by atoms with Crippen molar-refractivity contribution < 1.29 is 9.53 Å². The molecule has 0 atom stereocenters. The summed E-state index contributed by atoms with van der Waals surface area (Å²) in [5, 5.41) is 2.87. The van der Waals surface area contributed by atoms with Crippen molar-refractivity contribution in [2.75, 3.05) is 24.3 Å². The summed E-state index contributed by atoms with van der Waals surface area (Å²) >= 11 is 0. The molecule has 0 aliphatic carbocycles. The Labute approximate surface area is 109 Å². The average molecular weight is 250 g/mol. The average Bonchev–Trinajstić information content (AvgIpc) is 2.33. The molecule has 1 amide bonds. The number of amides is 1. The second kappa shape index (κ2) is 7.71. The Hall–Kier alpha value is -1.55. The first-order valence-corrected chi connectivity index (χ1v) is 6.37. The first-order chi connectivity index (χ1) is 8.63.